The van der Waals surface area contributed by atoms with Gasteiger partial charge in [0.2, 0.25) is 0 Å². The zero-order valence-electron chi connectivity index (χ0n) is 9.80. The van der Waals surface area contributed by atoms with E-state index in [2.05, 4.69) is 41.8 Å². The number of nitrogens with two attached hydrogens (primary N) is 1. The van der Waals surface area contributed by atoms with Crippen molar-refractivity contribution in [1.82, 2.24) is 0 Å². The number of hydrogen-bond donors (Lipinski definition) is 1. The van der Waals surface area contributed by atoms with Crippen molar-refractivity contribution in [3.8, 4) is 0 Å². The maximum atomic E-state index is 6.24. The van der Waals surface area contributed by atoms with Crippen molar-refractivity contribution in [3.05, 3.63) is 57.8 Å². The van der Waals surface area contributed by atoms with Crippen LogP contribution in [-0.2, 0) is 0 Å². The maximum Gasteiger partial charge on any atom is 0.0645 e. The van der Waals surface area contributed by atoms with Gasteiger partial charge < -0.3 is 5.73 Å². The first kappa shape index (κ1) is 11.0. The highest BCUT2D eigenvalue weighted by Crippen LogP contribution is 2.36. The van der Waals surface area contributed by atoms with Gasteiger partial charge in [0, 0.05) is 4.88 Å². The second-order valence-corrected chi connectivity index (χ2v) is 5.77. The van der Waals surface area contributed by atoms with Gasteiger partial charge in [0.1, 0.15) is 0 Å². The van der Waals surface area contributed by atoms with E-state index in [9.17, 15) is 0 Å². The third-order valence-electron chi connectivity index (χ3n) is 3.72. The van der Waals surface area contributed by atoms with Crippen LogP contribution in [-0.4, -0.2) is 0 Å². The van der Waals surface area contributed by atoms with Crippen LogP contribution in [0.1, 0.15) is 47.2 Å². The summed E-state index contributed by atoms with van der Waals surface area (Å²) in [6.45, 7) is 0. The zero-order chi connectivity index (χ0) is 11.7. The summed E-state index contributed by atoms with van der Waals surface area (Å²) in [5.41, 5.74) is 8.95. The summed E-state index contributed by atoms with van der Waals surface area (Å²) in [5, 5.41) is 2.08. The molecule has 3 rings (SSSR count). The fourth-order valence-corrected chi connectivity index (χ4v) is 3.10. The van der Waals surface area contributed by atoms with E-state index >= 15 is 0 Å². The van der Waals surface area contributed by atoms with Gasteiger partial charge in [-0.1, -0.05) is 36.8 Å². The summed E-state index contributed by atoms with van der Waals surface area (Å²) in [4.78, 5) is 1.24. The first-order valence-electron chi connectivity index (χ1n) is 6.23. The lowest BCUT2D eigenvalue weighted by Crippen LogP contribution is -2.11. The summed E-state index contributed by atoms with van der Waals surface area (Å²) >= 11 is 1.73. The first-order chi connectivity index (χ1) is 8.34. The van der Waals surface area contributed by atoms with Crippen LogP contribution in [0.25, 0.3) is 0 Å². The molecule has 2 aromatic rings. The van der Waals surface area contributed by atoms with E-state index in [4.69, 9.17) is 5.73 Å². The molecule has 2 heteroatoms. The zero-order valence-corrected chi connectivity index (χ0v) is 10.6. The molecule has 0 spiro atoms. The Bertz CT molecular complexity index is 468. The summed E-state index contributed by atoms with van der Waals surface area (Å²) in [6, 6.07) is 13.1. The molecule has 17 heavy (non-hydrogen) atoms. The molecule has 0 amide bonds. The predicted molar refractivity (Wildman–Crippen MR) is 73.4 cm³/mol. The Morgan fingerprint density at radius 3 is 2.41 bits per heavy atom. The molecule has 0 radical (unpaired) electrons. The highest BCUT2D eigenvalue weighted by molar-refractivity contribution is 7.10. The molecule has 0 bridgehead atoms. The molecule has 1 fully saturated rings. The van der Waals surface area contributed by atoms with Crippen LogP contribution >= 0.6 is 11.3 Å². The second-order valence-electron chi connectivity index (χ2n) is 4.79. The minimum absolute atomic E-state index is 0.0328. The fourth-order valence-electron chi connectivity index (χ4n) is 2.35. The molecular formula is C15H17NS. The van der Waals surface area contributed by atoms with Crippen molar-refractivity contribution in [2.75, 3.05) is 0 Å². The Balaban J connectivity index is 1.79. The Kier molecular flexibility index (Phi) is 3.00. The molecule has 1 heterocycles. The van der Waals surface area contributed by atoms with Crippen molar-refractivity contribution in [2.45, 2.75) is 31.2 Å². The lowest BCUT2D eigenvalue weighted by Gasteiger charge is -2.26. The first-order valence-corrected chi connectivity index (χ1v) is 7.11. The molecule has 2 N–H and O–H groups in total. The van der Waals surface area contributed by atoms with Crippen molar-refractivity contribution in [3.63, 3.8) is 0 Å². The van der Waals surface area contributed by atoms with E-state index in [0.29, 0.717) is 0 Å². The molecule has 0 aliphatic heterocycles. The number of rotatable bonds is 3. The topological polar surface area (TPSA) is 26.0 Å². The number of hydrogen-bond acceptors (Lipinski definition) is 2. The minimum Gasteiger partial charge on any atom is -0.320 e. The van der Waals surface area contributed by atoms with Crippen LogP contribution in [0.2, 0.25) is 0 Å². The number of benzene rings is 1. The van der Waals surface area contributed by atoms with Gasteiger partial charge >= 0.3 is 0 Å². The Hall–Kier alpha value is -1.12. The van der Waals surface area contributed by atoms with Gasteiger partial charge in [-0.15, -0.1) is 11.3 Å². The molecule has 1 aliphatic rings. The number of thiophene rings is 1. The SMILES string of the molecule is NC(c1ccc(C2CCC2)cc1)c1cccs1. The third kappa shape index (κ3) is 2.15. The van der Waals surface area contributed by atoms with Gasteiger partial charge in [-0.3, -0.25) is 0 Å². The lowest BCUT2D eigenvalue weighted by atomic mass is 9.80. The summed E-state index contributed by atoms with van der Waals surface area (Å²) < 4.78 is 0. The molecule has 1 aliphatic carbocycles. The smallest absolute Gasteiger partial charge is 0.0645 e. The minimum atomic E-state index is 0.0328. The molecular weight excluding hydrogens is 226 g/mol. The van der Waals surface area contributed by atoms with E-state index in [1.165, 1.54) is 35.3 Å². The molecule has 1 saturated carbocycles. The van der Waals surface area contributed by atoms with Crippen LogP contribution < -0.4 is 5.73 Å². The third-order valence-corrected chi connectivity index (χ3v) is 4.68. The quantitative estimate of drug-likeness (QED) is 0.864. The van der Waals surface area contributed by atoms with Crippen molar-refractivity contribution in [1.29, 1.82) is 0 Å². The standard InChI is InChI=1S/C15H17NS/c16-15(14-5-2-10-17-14)13-8-6-12(7-9-13)11-3-1-4-11/h2,5-11,15H,1,3-4,16H2. The Morgan fingerprint density at radius 2 is 1.88 bits per heavy atom. The predicted octanol–water partition coefficient (Wildman–Crippen LogP) is 4.06. The lowest BCUT2D eigenvalue weighted by molar-refractivity contribution is 0.419. The van der Waals surface area contributed by atoms with E-state index in [1.807, 2.05) is 0 Å². The molecule has 1 aromatic heterocycles. The molecule has 1 aromatic carbocycles. The monoisotopic (exact) mass is 243 g/mol. The van der Waals surface area contributed by atoms with E-state index in [1.54, 1.807) is 11.3 Å². The normalized spacial score (nSPS) is 17.7. The van der Waals surface area contributed by atoms with Crippen LogP contribution in [0.4, 0.5) is 0 Å². The van der Waals surface area contributed by atoms with E-state index in [-0.39, 0.29) is 6.04 Å². The van der Waals surface area contributed by atoms with Gasteiger partial charge in [0.15, 0.2) is 0 Å². The highest BCUT2D eigenvalue weighted by atomic mass is 32.1. The molecule has 1 unspecified atom stereocenters. The van der Waals surface area contributed by atoms with Crippen LogP contribution in [0, 0.1) is 0 Å². The molecule has 88 valence electrons. The molecule has 1 atom stereocenters. The average molecular weight is 243 g/mol. The van der Waals surface area contributed by atoms with Crippen LogP contribution in [0.15, 0.2) is 41.8 Å². The summed E-state index contributed by atoms with van der Waals surface area (Å²) in [5.74, 6) is 0.807. The van der Waals surface area contributed by atoms with Crippen LogP contribution in [0.5, 0.6) is 0 Å². The second kappa shape index (κ2) is 4.63. The summed E-state index contributed by atoms with van der Waals surface area (Å²) in [7, 11) is 0. The maximum absolute atomic E-state index is 6.24. The van der Waals surface area contributed by atoms with E-state index in [0.717, 1.165) is 5.92 Å². The van der Waals surface area contributed by atoms with Gasteiger partial charge in [0.25, 0.3) is 0 Å². The fraction of sp³-hybridized carbons (Fsp3) is 0.333. The Morgan fingerprint density at radius 1 is 1.12 bits per heavy atom. The van der Waals surface area contributed by atoms with Gasteiger partial charge in [-0.25, -0.2) is 0 Å². The van der Waals surface area contributed by atoms with Gasteiger partial charge in [-0.2, -0.15) is 0 Å². The van der Waals surface area contributed by atoms with E-state index < -0.39 is 0 Å². The van der Waals surface area contributed by atoms with Crippen LogP contribution in [0.3, 0.4) is 0 Å². The highest BCUT2D eigenvalue weighted by Gasteiger charge is 2.19. The Labute approximate surface area is 106 Å². The van der Waals surface area contributed by atoms with Crippen molar-refractivity contribution in [2.24, 2.45) is 5.73 Å². The van der Waals surface area contributed by atoms with Gasteiger partial charge in [0.05, 0.1) is 6.04 Å². The van der Waals surface area contributed by atoms with Crippen molar-refractivity contribution < 1.29 is 0 Å². The summed E-state index contributed by atoms with van der Waals surface area (Å²) in [6.07, 6.45) is 4.10. The molecule has 1 nitrogen and oxygen atoms in total. The van der Waals surface area contributed by atoms with Gasteiger partial charge in [-0.05, 0) is 41.3 Å². The molecule has 0 saturated heterocycles. The largest absolute Gasteiger partial charge is 0.320 e. The van der Waals surface area contributed by atoms with Crippen molar-refractivity contribution >= 4 is 11.3 Å². The average Bonchev–Trinajstić information content (AvgIpc) is 2.80.